The number of hydrogen-bond donors (Lipinski definition) is 2. The first-order chi connectivity index (χ1) is 7.91. The molecule has 0 radical (unpaired) electrons. The lowest BCUT2D eigenvalue weighted by Crippen LogP contribution is -2.09. The zero-order chi connectivity index (χ0) is 12.7. The second-order valence-corrected chi connectivity index (χ2v) is 3.91. The van der Waals surface area contributed by atoms with Crippen molar-refractivity contribution in [3.05, 3.63) is 43.7 Å². The number of aromatic nitrogens is 1. The molecule has 1 aromatic heterocycles. The molecule has 0 aliphatic carbocycles. The van der Waals surface area contributed by atoms with Gasteiger partial charge < -0.3 is 10.1 Å². The van der Waals surface area contributed by atoms with Gasteiger partial charge in [0.15, 0.2) is 0 Å². The minimum Gasteiger partial charge on any atom is -0.498 e. The SMILES string of the molecule is Cc1cc(C)c2c([N+](=O)[O-])c(O)c(=O)[nH]c2c1. The second kappa shape index (κ2) is 3.58. The Hall–Kier alpha value is -2.37. The molecule has 0 aliphatic heterocycles. The van der Waals surface area contributed by atoms with Gasteiger partial charge in [-0.05, 0) is 31.0 Å². The summed E-state index contributed by atoms with van der Waals surface area (Å²) >= 11 is 0. The van der Waals surface area contributed by atoms with E-state index in [-0.39, 0.29) is 5.39 Å². The van der Waals surface area contributed by atoms with E-state index in [9.17, 15) is 20.0 Å². The molecule has 88 valence electrons. The number of rotatable bonds is 1. The number of aromatic hydroxyl groups is 1. The van der Waals surface area contributed by atoms with Crippen molar-refractivity contribution >= 4 is 16.6 Å². The molecule has 0 saturated heterocycles. The highest BCUT2D eigenvalue weighted by atomic mass is 16.6. The second-order valence-electron chi connectivity index (χ2n) is 3.91. The van der Waals surface area contributed by atoms with E-state index in [4.69, 9.17) is 0 Å². The third kappa shape index (κ3) is 1.63. The predicted molar refractivity (Wildman–Crippen MR) is 62.4 cm³/mol. The predicted octanol–water partition coefficient (Wildman–Crippen LogP) is 1.76. The molecule has 0 atom stereocenters. The lowest BCUT2D eigenvalue weighted by atomic mass is 10.0. The molecular weight excluding hydrogens is 224 g/mol. The Morgan fingerprint density at radius 1 is 1.35 bits per heavy atom. The number of aryl methyl sites for hydroxylation is 2. The Labute approximate surface area is 95.7 Å². The van der Waals surface area contributed by atoms with Crippen LogP contribution < -0.4 is 5.56 Å². The van der Waals surface area contributed by atoms with Gasteiger partial charge >= 0.3 is 5.69 Å². The largest absolute Gasteiger partial charge is 0.498 e. The van der Waals surface area contributed by atoms with Crippen LogP contribution in [0.4, 0.5) is 5.69 Å². The van der Waals surface area contributed by atoms with Crippen LogP contribution in [0.3, 0.4) is 0 Å². The highest BCUT2D eigenvalue weighted by Gasteiger charge is 2.23. The van der Waals surface area contributed by atoms with E-state index in [0.717, 1.165) is 5.56 Å². The molecule has 0 fully saturated rings. The van der Waals surface area contributed by atoms with Gasteiger partial charge in [0.1, 0.15) is 0 Å². The first-order valence-electron chi connectivity index (χ1n) is 4.92. The van der Waals surface area contributed by atoms with Crippen molar-refractivity contribution in [3.63, 3.8) is 0 Å². The molecule has 17 heavy (non-hydrogen) atoms. The van der Waals surface area contributed by atoms with Crippen molar-refractivity contribution in [2.24, 2.45) is 0 Å². The van der Waals surface area contributed by atoms with Gasteiger partial charge in [-0.2, -0.15) is 0 Å². The summed E-state index contributed by atoms with van der Waals surface area (Å²) in [6.45, 7) is 3.52. The summed E-state index contributed by atoms with van der Waals surface area (Å²) in [7, 11) is 0. The van der Waals surface area contributed by atoms with Crippen LogP contribution in [-0.2, 0) is 0 Å². The molecule has 0 spiro atoms. The maximum absolute atomic E-state index is 11.4. The van der Waals surface area contributed by atoms with Gasteiger partial charge in [0.25, 0.3) is 11.3 Å². The Kier molecular flexibility index (Phi) is 2.35. The zero-order valence-electron chi connectivity index (χ0n) is 9.27. The van der Waals surface area contributed by atoms with E-state index >= 15 is 0 Å². The van der Waals surface area contributed by atoms with Crippen molar-refractivity contribution in [1.82, 2.24) is 4.98 Å². The summed E-state index contributed by atoms with van der Waals surface area (Å²) in [4.78, 5) is 24.0. The van der Waals surface area contributed by atoms with Crippen molar-refractivity contribution in [2.45, 2.75) is 13.8 Å². The minimum atomic E-state index is -0.853. The van der Waals surface area contributed by atoms with E-state index in [1.807, 2.05) is 6.92 Å². The van der Waals surface area contributed by atoms with Crippen molar-refractivity contribution in [1.29, 1.82) is 0 Å². The Morgan fingerprint density at radius 3 is 2.59 bits per heavy atom. The fraction of sp³-hybridized carbons (Fsp3) is 0.182. The average molecular weight is 234 g/mol. The number of hydrogen-bond acceptors (Lipinski definition) is 4. The summed E-state index contributed by atoms with van der Waals surface area (Å²) < 4.78 is 0. The number of fused-ring (bicyclic) bond motifs is 1. The number of H-pyrrole nitrogens is 1. The van der Waals surface area contributed by atoms with Crippen LogP contribution in [0.1, 0.15) is 11.1 Å². The molecule has 0 saturated carbocycles. The highest BCUT2D eigenvalue weighted by molar-refractivity contribution is 5.93. The zero-order valence-corrected chi connectivity index (χ0v) is 9.27. The molecule has 6 nitrogen and oxygen atoms in total. The lowest BCUT2D eigenvalue weighted by Gasteiger charge is -2.05. The minimum absolute atomic E-state index is 0.262. The van der Waals surface area contributed by atoms with Crippen LogP contribution in [0.25, 0.3) is 10.9 Å². The van der Waals surface area contributed by atoms with Gasteiger partial charge in [-0.25, -0.2) is 0 Å². The Balaban J connectivity index is 3.09. The van der Waals surface area contributed by atoms with Gasteiger partial charge in [-0.1, -0.05) is 6.07 Å². The average Bonchev–Trinajstić information content (AvgIpc) is 2.20. The van der Waals surface area contributed by atoms with E-state index in [1.165, 1.54) is 0 Å². The van der Waals surface area contributed by atoms with Crippen LogP contribution >= 0.6 is 0 Å². The normalized spacial score (nSPS) is 10.7. The molecule has 0 aliphatic rings. The number of pyridine rings is 1. The van der Waals surface area contributed by atoms with E-state index in [2.05, 4.69) is 4.98 Å². The van der Waals surface area contributed by atoms with Crippen LogP contribution in [-0.4, -0.2) is 15.0 Å². The number of nitro groups is 1. The highest BCUT2D eigenvalue weighted by Crippen LogP contribution is 2.32. The van der Waals surface area contributed by atoms with E-state index < -0.39 is 21.9 Å². The van der Waals surface area contributed by atoms with Crippen molar-refractivity contribution < 1.29 is 10.0 Å². The molecule has 1 aromatic carbocycles. The van der Waals surface area contributed by atoms with Gasteiger partial charge in [-0.3, -0.25) is 14.9 Å². The number of benzene rings is 1. The first kappa shape index (κ1) is 11.1. The Bertz CT molecular complexity index is 688. The number of nitrogens with one attached hydrogen (secondary N) is 1. The van der Waals surface area contributed by atoms with E-state index in [0.29, 0.717) is 11.1 Å². The van der Waals surface area contributed by atoms with Crippen LogP contribution in [0, 0.1) is 24.0 Å². The summed E-state index contributed by atoms with van der Waals surface area (Å²) in [5.74, 6) is -0.852. The monoisotopic (exact) mass is 234 g/mol. The smallest absolute Gasteiger partial charge is 0.326 e. The lowest BCUT2D eigenvalue weighted by molar-refractivity contribution is -0.384. The summed E-state index contributed by atoms with van der Waals surface area (Å²) in [6.07, 6.45) is 0. The quantitative estimate of drug-likeness (QED) is 0.580. The van der Waals surface area contributed by atoms with Crippen molar-refractivity contribution in [2.75, 3.05) is 0 Å². The van der Waals surface area contributed by atoms with Gasteiger partial charge in [-0.15, -0.1) is 0 Å². The maximum atomic E-state index is 11.4. The van der Waals surface area contributed by atoms with E-state index in [1.54, 1.807) is 19.1 Å². The molecule has 0 bridgehead atoms. The molecule has 2 N–H and O–H groups in total. The first-order valence-corrected chi connectivity index (χ1v) is 4.92. The third-order valence-corrected chi connectivity index (χ3v) is 2.59. The standard InChI is InChI=1S/C11H10N2O4/c1-5-3-6(2)8-7(4-5)12-11(15)10(14)9(8)13(16)17/h3-4,14H,1-2H3,(H,12,15). The molecule has 1 heterocycles. The number of nitrogens with zero attached hydrogens (tertiary/aromatic N) is 1. The topological polar surface area (TPSA) is 96.2 Å². The van der Waals surface area contributed by atoms with Crippen LogP contribution in [0.15, 0.2) is 16.9 Å². The number of aromatic amines is 1. The summed E-state index contributed by atoms with van der Waals surface area (Å²) in [5, 5.41) is 20.7. The van der Waals surface area contributed by atoms with Crippen molar-refractivity contribution in [3.8, 4) is 5.75 Å². The third-order valence-electron chi connectivity index (χ3n) is 2.59. The summed E-state index contributed by atoms with van der Waals surface area (Å²) in [6, 6.07) is 3.39. The molecular formula is C11H10N2O4. The van der Waals surface area contributed by atoms with Crippen LogP contribution in [0.5, 0.6) is 5.75 Å². The molecule has 2 aromatic rings. The molecule has 2 rings (SSSR count). The van der Waals surface area contributed by atoms with Gasteiger partial charge in [0.05, 0.1) is 15.8 Å². The summed E-state index contributed by atoms with van der Waals surface area (Å²) in [5.41, 5.74) is 0.483. The van der Waals surface area contributed by atoms with Crippen LogP contribution in [0.2, 0.25) is 0 Å². The molecule has 6 heteroatoms. The fourth-order valence-electron chi connectivity index (χ4n) is 1.97. The van der Waals surface area contributed by atoms with Gasteiger partial charge in [0.2, 0.25) is 0 Å². The fourth-order valence-corrected chi connectivity index (χ4v) is 1.97. The molecule has 0 unspecified atom stereocenters. The Morgan fingerprint density at radius 2 is 2.00 bits per heavy atom. The maximum Gasteiger partial charge on any atom is 0.326 e. The van der Waals surface area contributed by atoms with Gasteiger partial charge in [0, 0.05) is 0 Å². The molecule has 0 amide bonds.